The molecule has 0 bridgehead atoms. The maximum absolute atomic E-state index is 5.41. The van der Waals surface area contributed by atoms with E-state index in [2.05, 4.69) is 60.2 Å². The number of hydrogen-bond acceptors (Lipinski definition) is 2. The lowest BCUT2D eigenvalue weighted by Gasteiger charge is -2.00. The van der Waals surface area contributed by atoms with Crippen molar-refractivity contribution in [2.45, 2.75) is 0 Å². The molecule has 0 atom stereocenters. The minimum Gasteiger partial charge on any atom is -1.00 e. The van der Waals surface area contributed by atoms with Crippen LogP contribution in [0.5, 0.6) is 11.5 Å². The first-order valence-corrected chi connectivity index (χ1v) is 7.27. The van der Waals surface area contributed by atoms with Gasteiger partial charge in [-0.3, -0.25) is 0 Å². The Labute approximate surface area is 152 Å². The molecular weight excluding hydrogens is 401 g/mol. The molecule has 0 aliphatic carbocycles. The second-order valence-corrected chi connectivity index (χ2v) is 5.32. The van der Waals surface area contributed by atoms with Crippen molar-refractivity contribution >= 4 is 23.1 Å². The first kappa shape index (κ1) is 15.8. The highest BCUT2D eigenvalue weighted by Gasteiger charge is 2.12. The molecule has 2 heterocycles. The molecule has 0 radical (unpaired) electrons. The van der Waals surface area contributed by atoms with Crippen LogP contribution in [0.3, 0.4) is 0 Å². The van der Waals surface area contributed by atoms with Gasteiger partial charge in [-0.05, 0) is 35.9 Å². The van der Waals surface area contributed by atoms with Gasteiger partial charge in [-0.25, -0.2) is 0 Å². The lowest BCUT2D eigenvalue weighted by Crippen LogP contribution is -3.00. The molecule has 0 unspecified atom stereocenters. The quantitative estimate of drug-likeness (QED) is 0.450. The van der Waals surface area contributed by atoms with E-state index in [-0.39, 0.29) is 24.0 Å². The fourth-order valence-electron chi connectivity index (χ4n) is 2.73. The number of nitrogens with zero attached hydrogens (tertiary/aromatic N) is 1. The van der Waals surface area contributed by atoms with Gasteiger partial charge in [-0.15, -0.1) is 0 Å². The maximum Gasteiger partial charge on any atom is 0.231 e. The molecule has 1 aliphatic rings. The average Bonchev–Trinajstić information content (AvgIpc) is 3.02. The maximum atomic E-state index is 5.41. The number of benzene rings is 2. The smallest absolute Gasteiger partial charge is 0.231 e. The highest BCUT2D eigenvalue weighted by molar-refractivity contribution is 5.77. The number of rotatable bonds is 2. The molecule has 0 fully saturated rings. The van der Waals surface area contributed by atoms with Gasteiger partial charge in [0.1, 0.15) is 7.05 Å². The number of fused-ring (bicyclic) bond motifs is 2. The van der Waals surface area contributed by atoms with E-state index in [4.69, 9.17) is 9.47 Å². The van der Waals surface area contributed by atoms with Crippen LogP contribution in [0.2, 0.25) is 0 Å². The highest BCUT2D eigenvalue weighted by Crippen LogP contribution is 2.32. The number of ether oxygens (including phenoxy) is 2. The van der Waals surface area contributed by atoms with E-state index in [1.165, 1.54) is 10.9 Å². The van der Waals surface area contributed by atoms with E-state index in [1.807, 2.05) is 18.2 Å². The molecule has 0 saturated heterocycles. The molecule has 0 N–H and O–H groups in total. The topological polar surface area (TPSA) is 22.3 Å². The van der Waals surface area contributed by atoms with Crippen LogP contribution < -0.4 is 38.0 Å². The monoisotopic (exact) mass is 417 g/mol. The largest absolute Gasteiger partial charge is 1.00 e. The predicted molar refractivity (Wildman–Crippen MR) is 86.6 cm³/mol. The first-order chi connectivity index (χ1) is 10.8. The molecule has 1 aromatic heterocycles. The van der Waals surface area contributed by atoms with Crippen LogP contribution in [0, 0.1) is 0 Å². The van der Waals surface area contributed by atoms with Crippen molar-refractivity contribution < 1.29 is 38.0 Å². The van der Waals surface area contributed by atoms with Gasteiger partial charge < -0.3 is 33.5 Å². The van der Waals surface area contributed by atoms with Gasteiger partial charge in [0, 0.05) is 23.6 Å². The Morgan fingerprint density at radius 2 is 1.74 bits per heavy atom. The summed E-state index contributed by atoms with van der Waals surface area (Å²) in [6, 6.07) is 18.6. The van der Waals surface area contributed by atoms with Crippen molar-refractivity contribution in [2.24, 2.45) is 7.05 Å². The van der Waals surface area contributed by atoms with E-state index in [1.54, 1.807) is 0 Å². The zero-order chi connectivity index (χ0) is 14.9. The molecule has 3 nitrogen and oxygen atoms in total. The Bertz CT molecular complexity index is 890. The minimum absolute atomic E-state index is 0. The predicted octanol–water partition coefficient (Wildman–Crippen LogP) is 0.567. The van der Waals surface area contributed by atoms with Crippen LogP contribution in [-0.4, -0.2) is 6.79 Å². The third-order valence-corrected chi connectivity index (χ3v) is 3.96. The Kier molecular flexibility index (Phi) is 4.52. The highest BCUT2D eigenvalue weighted by atomic mass is 127. The molecule has 3 aromatic rings. The number of pyridine rings is 1. The molecule has 0 spiro atoms. The fourth-order valence-corrected chi connectivity index (χ4v) is 2.73. The minimum atomic E-state index is 0. The van der Waals surface area contributed by atoms with Crippen molar-refractivity contribution in [3.05, 3.63) is 65.9 Å². The molecule has 4 heteroatoms. The number of halogens is 1. The summed E-state index contributed by atoms with van der Waals surface area (Å²) >= 11 is 0. The molecule has 23 heavy (non-hydrogen) atoms. The number of hydrogen-bond donors (Lipinski definition) is 0. The van der Waals surface area contributed by atoms with Gasteiger partial charge >= 0.3 is 0 Å². The summed E-state index contributed by atoms with van der Waals surface area (Å²) in [5.41, 5.74) is 3.46. The van der Waals surface area contributed by atoms with Crippen LogP contribution in [0.4, 0.5) is 0 Å². The molecule has 2 aromatic carbocycles. The third-order valence-electron chi connectivity index (χ3n) is 3.96. The Balaban J connectivity index is 0.00000156. The van der Waals surface area contributed by atoms with Gasteiger partial charge in [0.05, 0.1) is 0 Å². The van der Waals surface area contributed by atoms with E-state index >= 15 is 0 Å². The van der Waals surface area contributed by atoms with Crippen molar-refractivity contribution in [2.75, 3.05) is 6.79 Å². The SMILES string of the molecule is C[n+]1c(/C=C/c2ccc3c(c2)OCO3)ccc2ccccc21.[I-]. The van der Waals surface area contributed by atoms with Crippen LogP contribution >= 0.6 is 0 Å². The van der Waals surface area contributed by atoms with Crippen molar-refractivity contribution in [1.29, 1.82) is 0 Å². The first-order valence-electron chi connectivity index (χ1n) is 7.27. The molecule has 4 rings (SSSR count). The molecule has 116 valence electrons. The van der Waals surface area contributed by atoms with Crippen LogP contribution in [0.15, 0.2) is 54.6 Å². The second-order valence-electron chi connectivity index (χ2n) is 5.32. The van der Waals surface area contributed by atoms with Crippen LogP contribution in [0.25, 0.3) is 23.1 Å². The van der Waals surface area contributed by atoms with E-state index in [0.717, 1.165) is 22.8 Å². The lowest BCUT2D eigenvalue weighted by atomic mass is 10.1. The normalized spacial score (nSPS) is 12.6. The van der Waals surface area contributed by atoms with Gasteiger partial charge in [0.25, 0.3) is 0 Å². The number of aryl methyl sites for hydroxylation is 1. The standard InChI is InChI=1S/C19H16NO2.HI/c1-20-16(10-8-15-4-2-3-5-17(15)20)9-6-14-7-11-18-19(12-14)22-13-21-18;/h2-12H,13H2,1H3;1H/q+1;/p-1/b9-6+;. The average molecular weight is 417 g/mol. The Morgan fingerprint density at radius 3 is 2.65 bits per heavy atom. The zero-order valence-corrected chi connectivity index (χ0v) is 14.9. The summed E-state index contributed by atoms with van der Waals surface area (Å²) in [7, 11) is 2.08. The molecule has 0 saturated carbocycles. The third kappa shape index (κ3) is 3.03. The lowest BCUT2D eigenvalue weighted by molar-refractivity contribution is -0.646. The summed E-state index contributed by atoms with van der Waals surface area (Å²) in [6.45, 7) is 0.308. The molecular formula is C19H16INO2. The Hall–Kier alpha value is -2.08. The molecule has 1 aliphatic heterocycles. The summed E-state index contributed by atoms with van der Waals surface area (Å²) in [5.74, 6) is 1.62. The van der Waals surface area contributed by atoms with E-state index in [0.29, 0.717) is 6.79 Å². The number of aromatic nitrogens is 1. The van der Waals surface area contributed by atoms with E-state index in [9.17, 15) is 0 Å². The van der Waals surface area contributed by atoms with Crippen LogP contribution in [0.1, 0.15) is 11.3 Å². The fraction of sp³-hybridized carbons (Fsp3) is 0.105. The molecule has 0 amide bonds. The zero-order valence-electron chi connectivity index (χ0n) is 12.7. The second kappa shape index (κ2) is 6.58. The van der Waals surface area contributed by atoms with Crippen LogP contribution in [-0.2, 0) is 7.05 Å². The summed E-state index contributed by atoms with van der Waals surface area (Å²) in [5, 5.41) is 1.24. The summed E-state index contributed by atoms with van der Waals surface area (Å²) in [6.07, 6.45) is 4.20. The summed E-state index contributed by atoms with van der Waals surface area (Å²) < 4.78 is 12.9. The van der Waals surface area contributed by atoms with Gasteiger partial charge in [-0.1, -0.05) is 18.2 Å². The van der Waals surface area contributed by atoms with Crippen molar-refractivity contribution in [1.82, 2.24) is 0 Å². The summed E-state index contributed by atoms with van der Waals surface area (Å²) in [4.78, 5) is 0. The van der Waals surface area contributed by atoms with Gasteiger partial charge in [0.15, 0.2) is 11.5 Å². The van der Waals surface area contributed by atoms with Gasteiger partial charge in [-0.2, -0.15) is 4.57 Å². The Morgan fingerprint density at radius 1 is 0.913 bits per heavy atom. The van der Waals surface area contributed by atoms with Gasteiger partial charge in [0.2, 0.25) is 18.0 Å². The number of para-hydroxylation sites is 1. The van der Waals surface area contributed by atoms with Crippen molar-refractivity contribution in [3.63, 3.8) is 0 Å². The van der Waals surface area contributed by atoms with Crippen molar-refractivity contribution in [3.8, 4) is 11.5 Å². The van der Waals surface area contributed by atoms with E-state index < -0.39 is 0 Å².